The van der Waals surface area contributed by atoms with Crippen molar-refractivity contribution in [2.75, 3.05) is 38.5 Å². The molecule has 7 nitrogen and oxygen atoms in total. The van der Waals surface area contributed by atoms with E-state index in [0.29, 0.717) is 18.8 Å². The van der Waals surface area contributed by atoms with Crippen LogP contribution < -0.4 is 4.74 Å². The van der Waals surface area contributed by atoms with Gasteiger partial charge in [-0.25, -0.2) is 14.8 Å². The van der Waals surface area contributed by atoms with Crippen molar-refractivity contribution in [1.29, 1.82) is 0 Å². The average Bonchev–Trinajstić information content (AvgIpc) is 3.45. The van der Waals surface area contributed by atoms with Gasteiger partial charge in [-0.05, 0) is 37.5 Å². The second-order valence-corrected chi connectivity index (χ2v) is 9.47. The number of piperazine rings is 1. The third-order valence-corrected chi connectivity index (χ3v) is 7.26. The van der Waals surface area contributed by atoms with E-state index < -0.39 is 0 Å². The predicted octanol–water partition coefficient (Wildman–Crippen LogP) is 3.87. The summed E-state index contributed by atoms with van der Waals surface area (Å²) in [5, 5.41) is 0.935. The van der Waals surface area contributed by atoms with Gasteiger partial charge in [0.25, 0.3) is 0 Å². The fourth-order valence-electron chi connectivity index (χ4n) is 3.46. The number of carbonyl (C=O) groups excluding carboxylic acids is 1. The molecule has 3 heterocycles. The van der Waals surface area contributed by atoms with Crippen LogP contribution in [0.5, 0.6) is 5.75 Å². The van der Waals surface area contributed by atoms with Crippen LogP contribution in [0, 0.1) is 6.92 Å². The van der Waals surface area contributed by atoms with Gasteiger partial charge in [-0.3, -0.25) is 4.90 Å². The number of H-pyrrole nitrogens is 1. The number of thiazole rings is 1. The van der Waals surface area contributed by atoms with Crippen LogP contribution in [-0.2, 0) is 12.8 Å². The molecule has 1 aromatic carbocycles. The van der Waals surface area contributed by atoms with Gasteiger partial charge in [0.05, 0.1) is 11.2 Å². The molecule has 164 valence electrons. The Hall–Kier alpha value is -2.36. The Kier molecular flexibility index (Phi) is 7.61. The zero-order valence-corrected chi connectivity index (χ0v) is 19.3. The highest BCUT2D eigenvalue weighted by atomic mass is 32.2. The number of carbonyl (C=O) groups is 1. The quantitative estimate of drug-likeness (QED) is 0.518. The first kappa shape index (κ1) is 21.9. The molecule has 1 saturated heterocycles. The number of aryl methyl sites for hydroxylation is 2. The van der Waals surface area contributed by atoms with Crippen LogP contribution in [0.15, 0.2) is 47.3 Å². The summed E-state index contributed by atoms with van der Waals surface area (Å²) in [5.74, 6) is 1.54. The zero-order valence-electron chi connectivity index (χ0n) is 17.6. The second-order valence-electron chi connectivity index (χ2n) is 7.44. The number of aromatic amines is 1. The molecule has 1 aliphatic heterocycles. The summed E-state index contributed by atoms with van der Waals surface area (Å²) >= 11 is 3.42. The minimum absolute atomic E-state index is 0.265. The van der Waals surface area contributed by atoms with E-state index in [-0.39, 0.29) is 6.09 Å². The molecule has 1 N–H and O–H groups in total. The largest absolute Gasteiger partial charge is 0.415 e. The van der Waals surface area contributed by atoms with Crippen molar-refractivity contribution >= 4 is 29.2 Å². The van der Waals surface area contributed by atoms with Crippen molar-refractivity contribution < 1.29 is 9.53 Å². The van der Waals surface area contributed by atoms with Gasteiger partial charge < -0.3 is 14.6 Å². The number of nitrogens with one attached hydrogen (secondary N) is 1. The molecule has 2 aromatic heterocycles. The van der Waals surface area contributed by atoms with Crippen LogP contribution in [0.1, 0.15) is 16.1 Å². The van der Waals surface area contributed by atoms with Gasteiger partial charge in [0.15, 0.2) is 5.16 Å². The summed E-state index contributed by atoms with van der Waals surface area (Å²) in [4.78, 5) is 29.7. The standard InChI is InChI=1S/C22H27N5O2S2/c1-17-20(31-16-25-17)6-10-26-11-13-27(14-12-26)22(28)29-19-4-2-18(3-5-19)7-15-30-21-23-8-9-24-21/h2-5,8-9,16H,6-7,10-15H2,1H3,(H,23,24). The molecule has 9 heteroatoms. The van der Waals surface area contributed by atoms with Gasteiger partial charge in [-0.15, -0.1) is 11.3 Å². The van der Waals surface area contributed by atoms with Gasteiger partial charge in [0, 0.05) is 55.7 Å². The van der Waals surface area contributed by atoms with E-state index in [2.05, 4.69) is 26.8 Å². The molecule has 0 spiro atoms. The fourth-order valence-corrected chi connectivity index (χ4v) is 5.05. The molecule has 0 bridgehead atoms. The molecule has 0 saturated carbocycles. The molecule has 3 aromatic rings. The number of rotatable bonds is 8. The fraction of sp³-hybridized carbons (Fsp3) is 0.409. The topological polar surface area (TPSA) is 74.3 Å². The molecular weight excluding hydrogens is 430 g/mol. The van der Waals surface area contributed by atoms with Crippen LogP contribution in [0.25, 0.3) is 0 Å². The summed E-state index contributed by atoms with van der Waals surface area (Å²) in [6.07, 6.45) is 5.28. The molecule has 0 radical (unpaired) electrons. The normalized spacial score (nSPS) is 14.7. The SMILES string of the molecule is Cc1ncsc1CCN1CCN(C(=O)Oc2ccc(CCSc3ncc[nH]3)cc2)CC1. The number of hydrogen-bond donors (Lipinski definition) is 1. The third-order valence-electron chi connectivity index (χ3n) is 5.36. The van der Waals surface area contributed by atoms with E-state index in [4.69, 9.17) is 4.74 Å². The van der Waals surface area contributed by atoms with Crippen LogP contribution >= 0.6 is 23.1 Å². The van der Waals surface area contributed by atoms with Crippen LogP contribution in [0.2, 0.25) is 0 Å². The van der Waals surface area contributed by atoms with Crippen molar-refractivity contribution in [3.8, 4) is 5.75 Å². The maximum atomic E-state index is 12.5. The van der Waals surface area contributed by atoms with E-state index in [9.17, 15) is 4.79 Å². The highest BCUT2D eigenvalue weighted by Gasteiger charge is 2.22. The highest BCUT2D eigenvalue weighted by Crippen LogP contribution is 2.18. The molecule has 1 aliphatic rings. The number of thioether (sulfide) groups is 1. The van der Waals surface area contributed by atoms with Gasteiger partial charge in [-0.1, -0.05) is 23.9 Å². The molecule has 0 aliphatic carbocycles. The van der Waals surface area contributed by atoms with Crippen LogP contribution in [0.3, 0.4) is 0 Å². The number of nitrogens with zero attached hydrogens (tertiary/aromatic N) is 4. The van der Waals surface area contributed by atoms with Crippen LogP contribution in [0.4, 0.5) is 4.79 Å². The van der Waals surface area contributed by atoms with Crippen molar-refractivity contribution in [3.05, 3.63) is 58.3 Å². The van der Waals surface area contributed by atoms with Gasteiger partial charge in [-0.2, -0.15) is 0 Å². The van der Waals surface area contributed by atoms with E-state index in [0.717, 1.165) is 49.1 Å². The lowest BCUT2D eigenvalue weighted by Gasteiger charge is -2.33. The summed E-state index contributed by atoms with van der Waals surface area (Å²) in [7, 11) is 0. The zero-order chi connectivity index (χ0) is 21.5. The van der Waals surface area contributed by atoms with E-state index in [1.807, 2.05) is 36.0 Å². The highest BCUT2D eigenvalue weighted by molar-refractivity contribution is 7.99. The minimum atomic E-state index is -0.265. The van der Waals surface area contributed by atoms with E-state index in [1.165, 1.54) is 10.4 Å². The average molecular weight is 458 g/mol. The summed E-state index contributed by atoms with van der Waals surface area (Å²) in [6, 6.07) is 7.78. The Balaban J connectivity index is 1.17. The van der Waals surface area contributed by atoms with Gasteiger partial charge >= 0.3 is 6.09 Å². The molecule has 1 amide bonds. The Morgan fingerprint density at radius 2 is 1.97 bits per heavy atom. The number of benzene rings is 1. The number of aromatic nitrogens is 3. The summed E-state index contributed by atoms with van der Waals surface area (Å²) < 4.78 is 5.58. The maximum Gasteiger partial charge on any atom is 0.415 e. The van der Waals surface area contributed by atoms with Crippen molar-refractivity contribution in [2.24, 2.45) is 0 Å². The molecule has 0 atom stereocenters. The van der Waals surface area contributed by atoms with Crippen molar-refractivity contribution in [2.45, 2.75) is 24.9 Å². The lowest BCUT2D eigenvalue weighted by molar-refractivity contribution is 0.111. The molecule has 4 rings (SSSR count). The Morgan fingerprint density at radius 3 is 2.65 bits per heavy atom. The first-order valence-corrected chi connectivity index (χ1v) is 12.3. The second kappa shape index (κ2) is 10.8. The predicted molar refractivity (Wildman–Crippen MR) is 124 cm³/mol. The minimum Gasteiger partial charge on any atom is -0.410 e. The van der Waals surface area contributed by atoms with E-state index in [1.54, 1.807) is 34.2 Å². The summed E-state index contributed by atoms with van der Waals surface area (Å²) in [5.41, 5.74) is 4.25. The number of hydrogen-bond acceptors (Lipinski definition) is 7. The number of amides is 1. The maximum absolute atomic E-state index is 12.5. The Labute approximate surface area is 190 Å². The Bertz CT molecular complexity index is 951. The van der Waals surface area contributed by atoms with Crippen molar-refractivity contribution in [1.82, 2.24) is 24.8 Å². The molecule has 0 unspecified atom stereocenters. The molecule has 31 heavy (non-hydrogen) atoms. The number of ether oxygens (including phenoxy) is 1. The van der Waals surface area contributed by atoms with Gasteiger partial charge in [0.2, 0.25) is 0 Å². The van der Waals surface area contributed by atoms with Crippen LogP contribution in [-0.4, -0.2) is 69.3 Å². The van der Waals surface area contributed by atoms with Gasteiger partial charge in [0.1, 0.15) is 5.75 Å². The molecular formula is C22H27N5O2S2. The first-order valence-electron chi connectivity index (χ1n) is 10.5. The number of imidazole rings is 1. The molecule has 1 fully saturated rings. The third kappa shape index (κ3) is 6.32. The lowest BCUT2D eigenvalue weighted by Crippen LogP contribution is -2.49. The Morgan fingerprint density at radius 1 is 1.16 bits per heavy atom. The summed E-state index contributed by atoms with van der Waals surface area (Å²) in [6.45, 7) is 6.21. The first-order chi connectivity index (χ1) is 15.2. The van der Waals surface area contributed by atoms with E-state index >= 15 is 0 Å². The van der Waals surface area contributed by atoms with Crippen molar-refractivity contribution in [3.63, 3.8) is 0 Å². The smallest absolute Gasteiger partial charge is 0.410 e. The lowest BCUT2D eigenvalue weighted by atomic mass is 10.2. The monoisotopic (exact) mass is 457 g/mol.